The summed E-state index contributed by atoms with van der Waals surface area (Å²) in [4.78, 5) is 9.32. The summed E-state index contributed by atoms with van der Waals surface area (Å²) >= 11 is 0. The maximum atomic E-state index is 4.49. The van der Waals surface area contributed by atoms with E-state index in [9.17, 15) is 0 Å². The van der Waals surface area contributed by atoms with E-state index in [1.54, 1.807) is 0 Å². The number of hydrogen-bond donors (Lipinski definition) is 1. The van der Waals surface area contributed by atoms with Crippen molar-refractivity contribution in [3.8, 4) is 0 Å². The van der Waals surface area contributed by atoms with Crippen LogP contribution in [0.2, 0.25) is 0 Å². The van der Waals surface area contributed by atoms with Gasteiger partial charge in [-0.25, -0.2) is 0 Å². The Balaban J connectivity index is 0.00000192. The molecule has 1 aromatic carbocycles. The first-order valence-electron chi connectivity index (χ1n) is 8.50. The molecule has 0 aromatic heterocycles. The molecule has 0 saturated carbocycles. The standard InChI is InChI=1S/C18H28N4.HI/c1-15-12-17(8-9-19-18-20-10-11-21(18)2)14-22(15)13-16-6-4-3-5-7-16;/h3-7,15,17H,8-14H2,1-2H3,(H,19,20);1H. The van der Waals surface area contributed by atoms with Crippen molar-refractivity contribution in [3.63, 3.8) is 0 Å². The summed E-state index contributed by atoms with van der Waals surface area (Å²) < 4.78 is 0. The number of nitrogens with one attached hydrogen (secondary N) is 1. The molecule has 1 N–H and O–H groups in total. The van der Waals surface area contributed by atoms with Crippen molar-refractivity contribution in [2.45, 2.75) is 32.4 Å². The van der Waals surface area contributed by atoms with E-state index in [1.807, 2.05) is 0 Å². The summed E-state index contributed by atoms with van der Waals surface area (Å²) in [5.41, 5.74) is 1.43. The summed E-state index contributed by atoms with van der Waals surface area (Å²) in [6.07, 6.45) is 2.55. The lowest BCUT2D eigenvalue weighted by molar-refractivity contribution is 0.254. The number of aliphatic imine (C=N–C) groups is 1. The molecule has 4 nitrogen and oxygen atoms in total. The second kappa shape index (κ2) is 8.87. The molecule has 2 aliphatic rings. The normalized spacial score (nSPS) is 24.4. The smallest absolute Gasteiger partial charge is 0.193 e. The molecule has 23 heavy (non-hydrogen) atoms. The van der Waals surface area contributed by atoms with Gasteiger partial charge in [-0.05, 0) is 31.2 Å². The molecule has 0 amide bonds. The van der Waals surface area contributed by atoms with E-state index in [4.69, 9.17) is 0 Å². The lowest BCUT2D eigenvalue weighted by Gasteiger charge is -2.21. The fraction of sp³-hybridized carbons (Fsp3) is 0.611. The number of benzene rings is 1. The van der Waals surface area contributed by atoms with Gasteiger partial charge < -0.3 is 10.2 Å². The third kappa shape index (κ3) is 5.08. The zero-order chi connectivity index (χ0) is 15.4. The zero-order valence-corrected chi connectivity index (χ0v) is 16.6. The lowest BCUT2D eigenvalue weighted by atomic mass is 10.0. The fourth-order valence-corrected chi connectivity index (χ4v) is 3.58. The third-order valence-electron chi connectivity index (χ3n) is 4.91. The number of nitrogens with zero attached hydrogens (tertiary/aromatic N) is 3. The van der Waals surface area contributed by atoms with Gasteiger partial charge in [0, 0.05) is 39.3 Å². The molecule has 5 heteroatoms. The van der Waals surface area contributed by atoms with E-state index in [-0.39, 0.29) is 24.0 Å². The highest BCUT2D eigenvalue weighted by molar-refractivity contribution is 14.0. The molecule has 3 rings (SSSR count). The van der Waals surface area contributed by atoms with Crippen molar-refractivity contribution in [1.82, 2.24) is 15.1 Å². The first kappa shape index (κ1) is 18.5. The van der Waals surface area contributed by atoms with Crippen LogP contribution in [0.1, 0.15) is 25.3 Å². The molecule has 2 unspecified atom stereocenters. The predicted octanol–water partition coefficient (Wildman–Crippen LogP) is 2.80. The predicted molar refractivity (Wildman–Crippen MR) is 107 cm³/mol. The average Bonchev–Trinajstić information content (AvgIpc) is 3.07. The van der Waals surface area contributed by atoms with Gasteiger partial charge in [0.2, 0.25) is 0 Å². The molecule has 128 valence electrons. The zero-order valence-electron chi connectivity index (χ0n) is 14.2. The molecular formula is C18H29IN4. The number of guanidine groups is 1. The highest BCUT2D eigenvalue weighted by atomic mass is 127. The van der Waals surface area contributed by atoms with E-state index in [0.29, 0.717) is 6.04 Å². The van der Waals surface area contributed by atoms with Crippen LogP contribution in [0.5, 0.6) is 0 Å². The van der Waals surface area contributed by atoms with Crippen molar-refractivity contribution in [3.05, 3.63) is 35.9 Å². The van der Waals surface area contributed by atoms with Gasteiger partial charge in [0.15, 0.2) is 5.96 Å². The Morgan fingerprint density at radius 2 is 2.04 bits per heavy atom. The van der Waals surface area contributed by atoms with Crippen molar-refractivity contribution in [2.75, 3.05) is 33.2 Å². The third-order valence-corrected chi connectivity index (χ3v) is 4.91. The van der Waals surface area contributed by atoms with Gasteiger partial charge in [-0.3, -0.25) is 9.89 Å². The van der Waals surface area contributed by atoms with Gasteiger partial charge in [-0.15, -0.1) is 24.0 Å². The molecule has 2 aliphatic heterocycles. The summed E-state index contributed by atoms with van der Waals surface area (Å²) in [6, 6.07) is 11.5. The Labute approximate surface area is 157 Å². The number of likely N-dealkylation sites (N-methyl/N-ethyl adjacent to an activating group) is 1. The van der Waals surface area contributed by atoms with E-state index < -0.39 is 0 Å². The van der Waals surface area contributed by atoms with Crippen LogP contribution in [0.4, 0.5) is 0 Å². The highest BCUT2D eigenvalue weighted by Crippen LogP contribution is 2.26. The van der Waals surface area contributed by atoms with Crippen molar-refractivity contribution in [1.29, 1.82) is 0 Å². The minimum absolute atomic E-state index is 0. The maximum absolute atomic E-state index is 4.49. The van der Waals surface area contributed by atoms with Crippen molar-refractivity contribution >= 4 is 29.9 Å². The van der Waals surface area contributed by atoms with Crippen molar-refractivity contribution < 1.29 is 0 Å². The van der Waals surface area contributed by atoms with E-state index >= 15 is 0 Å². The quantitative estimate of drug-likeness (QED) is 0.732. The Morgan fingerprint density at radius 1 is 1.26 bits per heavy atom. The summed E-state index contributed by atoms with van der Waals surface area (Å²) in [5, 5.41) is 3.50. The molecule has 0 bridgehead atoms. The van der Waals surface area contributed by atoms with E-state index in [1.165, 1.54) is 24.9 Å². The molecule has 2 heterocycles. The van der Waals surface area contributed by atoms with Crippen molar-refractivity contribution in [2.24, 2.45) is 10.9 Å². The SMILES string of the molecule is CC1CC(CCNC2=NCCN2C)CN1Cc1ccccc1.I. The van der Waals surface area contributed by atoms with Crippen LogP contribution in [-0.2, 0) is 6.54 Å². The van der Waals surface area contributed by atoms with Gasteiger partial charge in [-0.2, -0.15) is 0 Å². The van der Waals surface area contributed by atoms with Gasteiger partial charge in [0.25, 0.3) is 0 Å². The second-order valence-electron chi connectivity index (χ2n) is 6.71. The molecule has 0 radical (unpaired) electrons. The monoisotopic (exact) mass is 428 g/mol. The van der Waals surface area contributed by atoms with Crippen LogP contribution in [0.25, 0.3) is 0 Å². The minimum atomic E-state index is 0. The molecule has 1 aromatic rings. The van der Waals surface area contributed by atoms with E-state index in [0.717, 1.165) is 38.1 Å². The van der Waals surface area contributed by atoms with Gasteiger partial charge in [0.1, 0.15) is 0 Å². The fourth-order valence-electron chi connectivity index (χ4n) is 3.58. The summed E-state index contributed by atoms with van der Waals surface area (Å²) in [5.74, 6) is 1.88. The maximum Gasteiger partial charge on any atom is 0.193 e. The summed E-state index contributed by atoms with van der Waals surface area (Å²) in [6.45, 7) is 7.70. The largest absolute Gasteiger partial charge is 0.356 e. The highest BCUT2D eigenvalue weighted by Gasteiger charge is 2.28. The van der Waals surface area contributed by atoms with E-state index in [2.05, 4.69) is 64.4 Å². The molecule has 1 saturated heterocycles. The van der Waals surface area contributed by atoms with Crippen LogP contribution in [0, 0.1) is 5.92 Å². The van der Waals surface area contributed by atoms with Crippen LogP contribution < -0.4 is 5.32 Å². The first-order chi connectivity index (χ1) is 10.7. The van der Waals surface area contributed by atoms with Gasteiger partial charge >= 0.3 is 0 Å². The molecule has 1 fully saturated rings. The summed E-state index contributed by atoms with van der Waals surface area (Å²) in [7, 11) is 2.11. The topological polar surface area (TPSA) is 30.9 Å². The number of likely N-dealkylation sites (tertiary alicyclic amines) is 1. The minimum Gasteiger partial charge on any atom is -0.356 e. The van der Waals surface area contributed by atoms with Gasteiger partial charge in [0.05, 0.1) is 6.54 Å². The lowest BCUT2D eigenvalue weighted by Crippen LogP contribution is -2.36. The Kier molecular flexibility index (Phi) is 7.14. The molecule has 0 spiro atoms. The molecule has 0 aliphatic carbocycles. The molecule has 2 atom stereocenters. The Hall–Kier alpha value is -0.820. The average molecular weight is 428 g/mol. The number of halogens is 1. The Bertz CT molecular complexity index is 505. The first-order valence-corrected chi connectivity index (χ1v) is 8.50. The van der Waals surface area contributed by atoms with Crippen LogP contribution in [-0.4, -0.2) is 55.0 Å². The van der Waals surface area contributed by atoms with Crippen LogP contribution in [0.3, 0.4) is 0 Å². The van der Waals surface area contributed by atoms with Crippen LogP contribution >= 0.6 is 24.0 Å². The Morgan fingerprint density at radius 3 is 2.74 bits per heavy atom. The number of hydrogen-bond acceptors (Lipinski definition) is 4. The second-order valence-corrected chi connectivity index (χ2v) is 6.71. The molecular weight excluding hydrogens is 399 g/mol. The van der Waals surface area contributed by atoms with Gasteiger partial charge in [-0.1, -0.05) is 30.3 Å². The number of rotatable bonds is 5. The van der Waals surface area contributed by atoms with Crippen LogP contribution in [0.15, 0.2) is 35.3 Å².